The van der Waals surface area contributed by atoms with Crippen molar-refractivity contribution in [2.45, 2.75) is 30.2 Å². The Bertz CT molecular complexity index is 939. The molecule has 9 heteroatoms. The number of nitrogens with zero attached hydrogens (tertiary/aromatic N) is 2. The average Bonchev–Trinajstić information content (AvgIpc) is 2.65. The number of amides is 2. The molecule has 0 bridgehead atoms. The van der Waals surface area contributed by atoms with Crippen molar-refractivity contribution in [1.82, 2.24) is 14.6 Å². The Hall–Kier alpha value is -2.52. The number of hydrogen-bond donors (Lipinski definition) is 2. The summed E-state index contributed by atoms with van der Waals surface area (Å²) < 4.78 is 27.6. The third-order valence-electron chi connectivity index (χ3n) is 4.45. The number of fused-ring (bicyclic) bond motifs is 1. The average molecular weight is 376 g/mol. The highest BCUT2D eigenvalue weighted by Gasteiger charge is 2.31. The predicted octanol–water partition coefficient (Wildman–Crippen LogP) is 0.380. The van der Waals surface area contributed by atoms with Gasteiger partial charge in [-0.2, -0.15) is 0 Å². The van der Waals surface area contributed by atoms with Gasteiger partial charge in [0.1, 0.15) is 10.9 Å². The second-order valence-corrected chi connectivity index (χ2v) is 7.89. The van der Waals surface area contributed by atoms with Gasteiger partial charge >= 0.3 is 0 Å². The Kier molecular flexibility index (Phi) is 5.19. The minimum atomic E-state index is -3.93. The summed E-state index contributed by atoms with van der Waals surface area (Å²) >= 11 is 0. The second-order valence-electron chi connectivity index (χ2n) is 6.16. The molecule has 138 valence electrons. The summed E-state index contributed by atoms with van der Waals surface area (Å²) in [6, 6.07) is 7.62. The summed E-state index contributed by atoms with van der Waals surface area (Å²) in [5.41, 5.74) is 5.69. The Morgan fingerprint density at radius 3 is 2.77 bits per heavy atom. The van der Waals surface area contributed by atoms with Crippen molar-refractivity contribution in [3.8, 4) is 0 Å². The summed E-state index contributed by atoms with van der Waals surface area (Å²) in [5, 5.41) is 0.687. The van der Waals surface area contributed by atoms with E-state index in [0.29, 0.717) is 23.9 Å². The topological polar surface area (TPSA) is 122 Å². The highest BCUT2D eigenvalue weighted by atomic mass is 32.2. The maximum atomic E-state index is 12.6. The third-order valence-corrected chi connectivity index (χ3v) is 5.88. The number of carbonyl (C=O) groups is 2. The number of aromatic nitrogens is 1. The highest BCUT2D eigenvalue weighted by molar-refractivity contribution is 7.89. The SMILES string of the molecule is NC(=O)C1CCCCN1C(=O)CNS(=O)(=O)c1cccc2cccnc12. The Balaban J connectivity index is 1.77. The molecule has 2 amide bonds. The lowest BCUT2D eigenvalue weighted by Crippen LogP contribution is -2.53. The van der Waals surface area contributed by atoms with Crippen LogP contribution in [0.25, 0.3) is 10.9 Å². The van der Waals surface area contributed by atoms with Crippen molar-refractivity contribution in [1.29, 1.82) is 0 Å². The van der Waals surface area contributed by atoms with Crippen molar-refractivity contribution in [2.75, 3.05) is 13.1 Å². The van der Waals surface area contributed by atoms with Crippen LogP contribution in [0.4, 0.5) is 0 Å². The molecular weight excluding hydrogens is 356 g/mol. The zero-order chi connectivity index (χ0) is 18.7. The van der Waals surface area contributed by atoms with Gasteiger partial charge in [-0.3, -0.25) is 14.6 Å². The molecule has 1 aliphatic heterocycles. The first-order valence-corrected chi connectivity index (χ1v) is 9.80. The number of benzene rings is 1. The fraction of sp³-hybridized carbons (Fsp3) is 0.353. The van der Waals surface area contributed by atoms with Crippen LogP contribution >= 0.6 is 0 Å². The number of carbonyl (C=O) groups excluding carboxylic acids is 2. The smallest absolute Gasteiger partial charge is 0.243 e. The van der Waals surface area contributed by atoms with Crippen molar-refractivity contribution in [2.24, 2.45) is 5.73 Å². The van der Waals surface area contributed by atoms with Gasteiger partial charge in [0, 0.05) is 18.1 Å². The van der Waals surface area contributed by atoms with Crippen LogP contribution in [0.2, 0.25) is 0 Å². The lowest BCUT2D eigenvalue weighted by atomic mass is 10.0. The zero-order valence-corrected chi connectivity index (χ0v) is 14.9. The number of piperidine rings is 1. The number of sulfonamides is 1. The molecule has 2 aromatic rings. The molecule has 1 fully saturated rings. The minimum Gasteiger partial charge on any atom is -0.368 e. The Labute approximate surface area is 151 Å². The Morgan fingerprint density at radius 2 is 2.00 bits per heavy atom. The van der Waals surface area contributed by atoms with Crippen molar-refractivity contribution in [3.05, 3.63) is 36.5 Å². The van der Waals surface area contributed by atoms with E-state index >= 15 is 0 Å². The summed E-state index contributed by atoms with van der Waals surface area (Å²) in [4.78, 5) is 29.4. The molecule has 2 heterocycles. The molecule has 1 atom stereocenters. The molecule has 26 heavy (non-hydrogen) atoms. The number of rotatable bonds is 5. The molecule has 1 aromatic heterocycles. The van der Waals surface area contributed by atoms with Gasteiger partial charge in [0.15, 0.2) is 0 Å². The van der Waals surface area contributed by atoms with Crippen LogP contribution < -0.4 is 10.5 Å². The van der Waals surface area contributed by atoms with Crippen LogP contribution in [0.3, 0.4) is 0 Å². The lowest BCUT2D eigenvalue weighted by Gasteiger charge is -2.33. The number of primary amides is 1. The van der Waals surface area contributed by atoms with Crippen molar-refractivity contribution >= 4 is 32.7 Å². The van der Waals surface area contributed by atoms with Crippen LogP contribution in [0.15, 0.2) is 41.4 Å². The van der Waals surface area contributed by atoms with Gasteiger partial charge in [-0.25, -0.2) is 13.1 Å². The molecule has 3 rings (SSSR count). The molecule has 1 unspecified atom stereocenters. The van der Waals surface area contributed by atoms with E-state index in [2.05, 4.69) is 9.71 Å². The molecule has 1 aliphatic rings. The number of para-hydroxylation sites is 1. The fourth-order valence-electron chi connectivity index (χ4n) is 3.15. The van der Waals surface area contributed by atoms with Crippen LogP contribution in [0.1, 0.15) is 19.3 Å². The molecule has 1 aromatic carbocycles. The maximum absolute atomic E-state index is 12.6. The van der Waals surface area contributed by atoms with Crippen LogP contribution in [-0.2, 0) is 19.6 Å². The standard InChI is InChI=1S/C17H20N4O4S/c18-17(23)13-7-1-2-10-21(13)15(22)11-20-26(24,25)14-8-3-5-12-6-4-9-19-16(12)14/h3-6,8-9,13,20H,1-2,7,10-11H2,(H2,18,23). The van der Waals surface area contributed by atoms with Gasteiger partial charge in [0.2, 0.25) is 21.8 Å². The van der Waals surface area contributed by atoms with Gasteiger partial charge in [0.05, 0.1) is 12.1 Å². The Morgan fingerprint density at radius 1 is 1.23 bits per heavy atom. The van der Waals surface area contributed by atoms with Gasteiger partial charge in [-0.15, -0.1) is 0 Å². The van der Waals surface area contributed by atoms with E-state index < -0.39 is 34.4 Å². The quantitative estimate of drug-likeness (QED) is 0.781. The number of nitrogens with two attached hydrogens (primary N) is 1. The summed E-state index contributed by atoms with van der Waals surface area (Å²) in [6.07, 6.45) is 3.58. The molecule has 0 saturated carbocycles. The number of nitrogens with one attached hydrogen (secondary N) is 1. The van der Waals surface area contributed by atoms with E-state index in [0.717, 1.165) is 12.8 Å². The van der Waals surface area contributed by atoms with E-state index in [1.54, 1.807) is 24.3 Å². The first kappa shape index (κ1) is 18.3. The first-order valence-electron chi connectivity index (χ1n) is 8.32. The van der Waals surface area contributed by atoms with E-state index in [9.17, 15) is 18.0 Å². The predicted molar refractivity (Wildman–Crippen MR) is 95.5 cm³/mol. The monoisotopic (exact) mass is 376 g/mol. The van der Waals surface area contributed by atoms with E-state index in [-0.39, 0.29) is 4.90 Å². The molecule has 1 saturated heterocycles. The van der Waals surface area contributed by atoms with Crippen molar-refractivity contribution in [3.63, 3.8) is 0 Å². The summed E-state index contributed by atoms with van der Waals surface area (Å²) in [7, 11) is -3.93. The van der Waals surface area contributed by atoms with Crippen LogP contribution in [0, 0.1) is 0 Å². The largest absolute Gasteiger partial charge is 0.368 e. The van der Waals surface area contributed by atoms with Gasteiger partial charge in [0.25, 0.3) is 0 Å². The number of pyridine rings is 1. The van der Waals surface area contributed by atoms with Crippen molar-refractivity contribution < 1.29 is 18.0 Å². The van der Waals surface area contributed by atoms with Crippen LogP contribution in [0.5, 0.6) is 0 Å². The van der Waals surface area contributed by atoms with Crippen LogP contribution in [-0.4, -0.2) is 49.2 Å². The summed E-state index contributed by atoms with van der Waals surface area (Å²) in [6.45, 7) is -0.0423. The third kappa shape index (κ3) is 3.68. The minimum absolute atomic E-state index is 0.00787. The fourth-order valence-corrected chi connectivity index (χ4v) is 4.31. The molecular formula is C17H20N4O4S. The molecule has 0 aliphatic carbocycles. The van der Waals surface area contributed by atoms with Gasteiger partial charge in [-0.05, 0) is 31.4 Å². The normalized spacial score (nSPS) is 18.0. The zero-order valence-electron chi connectivity index (χ0n) is 14.1. The highest BCUT2D eigenvalue weighted by Crippen LogP contribution is 2.21. The van der Waals surface area contributed by atoms with E-state index in [1.807, 2.05) is 0 Å². The molecule has 8 nitrogen and oxygen atoms in total. The summed E-state index contributed by atoms with van der Waals surface area (Å²) in [5.74, 6) is -1.04. The van der Waals surface area contributed by atoms with E-state index in [1.165, 1.54) is 17.2 Å². The number of likely N-dealkylation sites (tertiary alicyclic amines) is 1. The molecule has 3 N–H and O–H groups in total. The lowest BCUT2D eigenvalue weighted by molar-refractivity contribution is -0.140. The molecule has 0 spiro atoms. The second kappa shape index (κ2) is 7.38. The van der Waals surface area contributed by atoms with Gasteiger partial charge in [-0.1, -0.05) is 18.2 Å². The first-order chi connectivity index (χ1) is 12.4. The maximum Gasteiger partial charge on any atom is 0.243 e. The van der Waals surface area contributed by atoms with Gasteiger partial charge < -0.3 is 10.6 Å². The molecule has 0 radical (unpaired) electrons. The number of hydrogen-bond acceptors (Lipinski definition) is 5. The van der Waals surface area contributed by atoms with E-state index in [4.69, 9.17) is 5.73 Å².